The third-order valence-electron chi connectivity index (χ3n) is 2.95. The number of rotatable bonds is 8. The minimum atomic E-state index is 0.365. The van der Waals surface area contributed by atoms with Crippen LogP contribution in [0, 0.1) is 5.92 Å². The minimum Gasteiger partial charge on any atom is -0.370 e. The van der Waals surface area contributed by atoms with Crippen LogP contribution in [0.2, 0.25) is 0 Å². The van der Waals surface area contributed by atoms with Gasteiger partial charge >= 0.3 is 0 Å². The molecule has 1 heterocycles. The molecule has 20 heavy (non-hydrogen) atoms. The zero-order valence-electron chi connectivity index (χ0n) is 13.4. The average Bonchev–Trinajstić information content (AvgIpc) is 2.37. The quantitative estimate of drug-likeness (QED) is 0.568. The van der Waals surface area contributed by atoms with E-state index in [4.69, 9.17) is 0 Å². The maximum atomic E-state index is 4.55. The van der Waals surface area contributed by atoms with Crippen molar-refractivity contribution in [2.24, 2.45) is 5.92 Å². The van der Waals surface area contributed by atoms with Crippen LogP contribution in [0.15, 0.2) is 11.2 Å². The summed E-state index contributed by atoms with van der Waals surface area (Å²) in [5.41, 5.74) is 0. The van der Waals surface area contributed by atoms with Gasteiger partial charge in [-0.25, -0.2) is 9.97 Å². The smallest absolute Gasteiger partial charge is 0.191 e. The number of thioether (sulfide) groups is 1. The molecule has 6 heteroatoms. The van der Waals surface area contributed by atoms with Crippen LogP contribution in [0.4, 0.5) is 11.6 Å². The van der Waals surface area contributed by atoms with Gasteiger partial charge < -0.3 is 15.5 Å². The van der Waals surface area contributed by atoms with Crippen molar-refractivity contribution in [3.8, 4) is 0 Å². The van der Waals surface area contributed by atoms with Gasteiger partial charge in [0.05, 0.1) is 0 Å². The Morgan fingerprint density at radius 1 is 1.25 bits per heavy atom. The molecule has 1 aromatic rings. The van der Waals surface area contributed by atoms with Crippen molar-refractivity contribution in [1.82, 2.24) is 14.9 Å². The van der Waals surface area contributed by atoms with E-state index in [0.717, 1.165) is 29.9 Å². The first-order valence-electron chi connectivity index (χ1n) is 7.04. The summed E-state index contributed by atoms with van der Waals surface area (Å²) in [4.78, 5) is 11.2. The van der Waals surface area contributed by atoms with Gasteiger partial charge in [-0.1, -0.05) is 25.6 Å². The molecule has 1 unspecified atom stereocenters. The lowest BCUT2D eigenvalue weighted by molar-refractivity contribution is 0.344. The third-order valence-corrected chi connectivity index (χ3v) is 3.49. The highest BCUT2D eigenvalue weighted by atomic mass is 32.2. The number of anilines is 2. The highest BCUT2D eigenvalue weighted by Crippen LogP contribution is 2.19. The maximum absolute atomic E-state index is 4.55. The summed E-state index contributed by atoms with van der Waals surface area (Å²) in [6.45, 7) is 8.35. The summed E-state index contributed by atoms with van der Waals surface area (Å²) in [5, 5.41) is 7.58. The number of likely N-dealkylation sites (N-methyl/N-ethyl adjacent to an activating group) is 1. The number of nitrogens with zero attached hydrogens (tertiary/aromatic N) is 3. The first kappa shape index (κ1) is 17.0. The van der Waals surface area contributed by atoms with Gasteiger partial charge in [0.2, 0.25) is 0 Å². The van der Waals surface area contributed by atoms with Gasteiger partial charge in [0.15, 0.2) is 5.16 Å². The SMILES string of the molecule is CCNc1cc(NC(CN(C)C)C(C)C)nc(SC)n1. The molecule has 0 aliphatic carbocycles. The maximum Gasteiger partial charge on any atom is 0.191 e. The van der Waals surface area contributed by atoms with Gasteiger partial charge in [0.1, 0.15) is 11.6 Å². The lowest BCUT2D eigenvalue weighted by Crippen LogP contribution is -2.36. The van der Waals surface area contributed by atoms with Gasteiger partial charge in [-0.3, -0.25) is 0 Å². The fraction of sp³-hybridized carbons (Fsp3) is 0.714. The fourth-order valence-corrected chi connectivity index (χ4v) is 2.25. The summed E-state index contributed by atoms with van der Waals surface area (Å²) in [5.74, 6) is 2.30. The molecule has 0 aromatic carbocycles. The van der Waals surface area contributed by atoms with E-state index in [9.17, 15) is 0 Å². The van der Waals surface area contributed by atoms with Crippen LogP contribution in [0.25, 0.3) is 0 Å². The number of hydrogen-bond donors (Lipinski definition) is 2. The van der Waals surface area contributed by atoms with Gasteiger partial charge in [-0.15, -0.1) is 0 Å². The van der Waals surface area contributed by atoms with Crippen molar-refractivity contribution < 1.29 is 0 Å². The summed E-state index contributed by atoms with van der Waals surface area (Å²) in [6.07, 6.45) is 1.99. The highest BCUT2D eigenvalue weighted by molar-refractivity contribution is 7.98. The van der Waals surface area contributed by atoms with Gasteiger partial charge in [0.25, 0.3) is 0 Å². The molecule has 0 spiro atoms. The van der Waals surface area contributed by atoms with Crippen LogP contribution in [0.1, 0.15) is 20.8 Å². The topological polar surface area (TPSA) is 53.1 Å². The lowest BCUT2D eigenvalue weighted by Gasteiger charge is -2.26. The van der Waals surface area contributed by atoms with Crippen LogP contribution in [0.5, 0.6) is 0 Å². The molecule has 114 valence electrons. The van der Waals surface area contributed by atoms with Crippen LogP contribution in [-0.2, 0) is 0 Å². The first-order valence-corrected chi connectivity index (χ1v) is 8.27. The second-order valence-corrected chi connectivity index (χ2v) is 6.19. The number of aromatic nitrogens is 2. The predicted octanol–water partition coefficient (Wildman–Crippen LogP) is 2.63. The van der Waals surface area contributed by atoms with Crippen LogP contribution >= 0.6 is 11.8 Å². The first-order chi connectivity index (χ1) is 9.46. The van der Waals surface area contributed by atoms with E-state index in [1.54, 1.807) is 11.8 Å². The number of hydrogen-bond acceptors (Lipinski definition) is 6. The summed E-state index contributed by atoms with van der Waals surface area (Å²) >= 11 is 1.56. The predicted molar refractivity (Wildman–Crippen MR) is 88.8 cm³/mol. The zero-order valence-corrected chi connectivity index (χ0v) is 14.2. The Bertz CT molecular complexity index is 409. The Balaban J connectivity index is 2.90. The molecule has 0 saturated carbocycles. The van der Waals surface area contributed by atoms with Crippen molar-refractivity contribution >= 4 is 23.4 Å². The molecule has 1 atom stereocenters. The Kier molecular flexibility index (Phi) is 7.09. The summed E-state index contributed by atoms with van der Waals surface area (Å²) < 4.78 is 0. The molecule has 0 aliphatic heterocycles. The van der Waals surface area contributed by atoms with Crippen molar-refractivity contribution in [3.05, 3.63) is 6.07 Å². The van der Waals surface area contributed by atoms with Gasteiger partial charge in [0, 0.05) is 25.2 Å². The van der Waals surface area contributed by atoms with Crippen molar-refractivity contribution in [1.29, 1.82) is 0 Å². The Labute approximate surface area is 127 Å². The monoisotopic (exact) mass is 297 g/mol. The molecule has 0 amide bonds. The van der Waals surface area contributed by atoms with Crippen LogP contribution < -0.4 is 10.6 Å². The largest absolute Gasteiger partial charge is 0.370 e. The van der Waals surface area contributed by atoms with Gasteiger partial charge in [-0.05, 0) is 33.2 Å². The highest BCUT2D eigenvalue weighted by Gasteiger charge is 2.15. The molecule has 0 aliphatic rings. The average molecular weight is 297 g/mol. The van der Waals surface area contributed by atoms with E-state index in [2.05, 4.69) is 60.4 Å². The van der Waals surface area contributed by atoms with Crippen LogP contribution in [-0.4, -0.2) is 54.4 Å². The van der Waals surface area contributed by atoms with E-state index in [1.807, 2.05) is 12.3 Å². The van der Waals surface area contributed by atoms with Crippen molar-refractivity contribution in [2.75, 3.05) is 44.1 Å². The standard InChI is InChI=1S/C14H27N5S/c1-7-15-12-8-13(18-14(17-12)20-6)16-11(10(2)3)9-19(4)5/h8,10-11H,7,9H2,1-6H3,(H2,15,16,17,18). The molecule has 0 fully saturated rings. The molecule has 1 rings (SSSR count). The fourth-order valence-electron chi connectivity index (χ4n) is 1.87. The molecule has 1 aromatic heterocycles. The normalized spacial score (nSPS) is 12.8. The van der Waals surface area contributed by atoms with Crippen molar-refractivity contribution in [3.63, 3.8) is 0 Å². The molecule has 5 nitrogen and oxygen atoms in total. The molecule has 0 radical (unpaired) electrons. The zero-order chi connectivity index (χ0) is 15.1. The van der Waals surface area contributed by atoms with Crippen LogP contribution in [0.3, 0.4) is 0 Å². The van der Waals surface area contributed by atoms with E-state index < -0.39 is 0 Å². The Morgan fingerprint density at radius 2 is 1.90 bits per heavy atom. The molecule has 2 N–H and O–H groups in total. The molecular weight excluding hydrogens is 270 g/mol. The summed E-state index contributed by atoms with van der Waals surface area (Å²) in [7, 11) is 4.18. The van der Waals surface area contributed by atoms with E-state index in [0.29, 0.717) is 12.0 Å². The second-order valence-electron chi connectivity index (χ2n) is 5.41. The Hall–Kier alpha value is -1.01. The van der Waals surface area contributed by atoms with Gasteiger partial charge in [-0.2, -0.15) is 0 Å². The third kappa shape index (κ3) is 5.54. The molecule has 0 bridgehead atoms. The summed E-state index contributed by atoms with van der Waals surface area (Å²) in [6, 6.07) is 2.35. The minimum absolute atomic E-state index is 0.365. The van der Waals surface area contributed by atoms with E-state index >= 15 is 0 Å². The van der Waals surface area contributed by atoms with E-state index in [-0.39, 0.29) is 0 Å². The number of nitrogens with one attached hydrogen (secondary N) is 2. The second kappa shape index (κ2) is 8.32. The Morgan fingerprint density at radius 3 is 2.40 bits per heavy atom. The van der Waals surface area contributed by atoms with E-state index in [1.165, 1.54) is 0 Å². The lowest BCUT2D eigenvalue weighted by atomic mass is 10.0. The van der Waals surface area contributed by atoms with Crippen molar-refractivity contribution in [2.45, 2.75) is 32.0 Å². The molecule has 0 saturated heterocycles. The molecular formula is C14H27N5S.